The molecule has 1 aromatic rings. The zero-order valence-electron chi connectivity index (χ0n) is 14.1. The first-order valence-electron chi connectivity index (χ1n) is 7.29. The van der Waals surface area contributed by atoms with Gasteiger partial charge in [0.2, 0.25) is 0 Å². The number of hydrogen-bond acceptors (Lipinski definition) is 5. The third-order valence-electron chi connectivity index (χ3n) is 2.59. The largest absolute Gasteiger partial charge is 0.493 e. The predicted octanol–water partition coefficient (Wildman–Crippen LogP) is 2.85. The van der Waals surface area contributed by atoms with Gasteiger partial charge in [-0.1, -0.05) is 31.4 Å². The number of carbonyl (C=O) groups is 2. The number of carbonyl (C=O) groups excluding carboxylic acids is 1. The lowest BCUT2D eigenvalue weighted by molar-refractivity contribution is -0.140. The molecule has 0 fully saturated rings. The predicted molar refractivity (Wildman–Crippen MR) is 91.0 cm³/mol. The summed E-state index contributed by atoms with van der Waals surface area (Å²) in [5, 5.41) is 8.52. The number of esters is 1. The fourth-order valence-electron chi connectivity index (χ4n) is 1.26. The summed E-state index contributed by atoms with van der Waals surface area (Å²) in [5.41, 5.74) is 0.581. The molecule has 0 aliphatic carbocycles. The molecule has 0 amide bonds. The number of para-hydroxylation sites is 1. The number of benzene rings is 1. The Bertz CT molecular complexity index is 536. The normalized spacial score (nSPS) is 9.25. The van der Waals surface area contributed by atoms with E-state index in [-0.39, 0.29) is 11.5 Å². The van der Waals surface area contributed by atoms with Gasteiger partial charge in [0.15, 0.2) is 0 Å². The van der Waals surface area contributed by atoms with Crippen LogP contribution >= 0.6 is 0 Å². The molecule has 0 aliphatic heterocycles. The maximum absolute atomic E-state index is 10.6. The minimum Gasteiger partial charge on any atom is -0.493 e. The lowest BCUT2D eigenvalue weighted by atomic mass is 10.2. The number of ether oxygens (including phenoxy) is 3. The Kier molecular flexibility index (Phi) is 11.5. The zero-order chi connectivity index (χ0) is 18.4. The second-order valence-corrected chi connectivity index (χ2v) is 4.73. The van der Waals surface area contributed by atoms with Gasteiger partial charge in [0.05, 0.1) is 13.2 Å². The minimum atomic E-state index is -0.971. The molecule has 0 bridgehead atoms. The third kappa shape index (κ3) is 11.0. The Morgan fingerprint density at radius 3 is 2.21 bits per heavy atom. The monoisotopic (exact) mass is 336 g/mol. The van der Waals surface area contributed by atoms with E-state index in [9.17, 15) is 9.59 Å². The van der Waals surface area contributed by atoms with E-state index < -0.39 is 5.97 Å². The summed E-state index contributed by atoms with van der Waals surface area (Å²) in [6.07, 6.45) is 0.338. The van der Waals surface area contributed by atoms with Gasteiger partial charge >= 0.3 is 11.9 Å². The van der Waals surface area contributed by atoms with E-state index in [2.05, 4.69) is 22.6 Å². The fourth-order valence-corrected chi connectivity index (χ4v) is 1.26. The van der Waals surface area contributed by atoms with Crippen LogP contribution in [0.2, 0.25) is 0 Å². The summed E-state index contributed by atoms with van der Waals surface area (Å²) in [5.74, 6) is -0.593. The van der Waals surface area contributed by atoms with Crippen LogP contribution in [0, 0.1) is 0 Å². The Morgan fingerprint density at radius 1 is 1.08 bits per heavy atom. The molecule has 24 heavy (non-hydrogen) atoms. The molecule has 1 aromatic carbocycles. The number of aliphatic carboxylic acids is 1. The molecule has 0 saturated carbocycles. The molecule has 0 atom stereocenters. The van der Waals surface area contributed by atoms with E-state index in [1.807, 2.05) is 30.3 Å². The second kappa shape index (κ2) is 12.9. The van der Waals surface area contributed by atoms with Crippen molar-refractivity contribution in [3.8, 4) is 5.75 Å². The highest BCUT2D eigenvalue weighted by atomic mass is 16.6. The lowest BCUT2D eigenvalue weighted by Crippen LogP contribution is -2.09. The van der Waals surface area contributed by atoms with Crippen LogP contribution in [-0.2, 0) is 19.1 Å². The molecule has 0 radical (unpaired) electrons. The fraction of sp³-hybridized carbons (Fsp3) is 0.333. The van der Waals surface area contributed by atoms with Crippen LogP contribution in [0.3, 0.4) is 0 Å². The first-order chi connectivity index (χ1) is 11.4. The van der Waals surface area contributed by atoms with Crippen LogP contribution in [0.25, 0.3) is 0 Å². The van der Waals surface area contributed by atoms with Crippen LogP contribution in [0.15, 0.2) is 54.6 Å². The first-order valence-corrected chi connectivity index (χ1v) is 7.29. The molecule has 1 N–H and O–H groups in total. The van der Waals surface area contributed by atoms with Gasteiger partial charge < -0.3 is 19.3 Å². The second-order valence-electron chi connectivity index (χ2n) is 4.73. The standard InChI is InChI=1S/C11H12O3.C7H12O3/c1-9(11(12)13)7-8-14-10-5-3-2-4-6-10;1-6(2)7(8)10-5-4-9-3/h2-6H,1,7-8H2,(H,12,13);1,4-5H2,2-3H3. The van der Waals surface area contributed by atoms with Gasteiger partial charge in [-0.2, -0.15) is 0 Å². The summed E-state index contributed by atoms with van der Waals surface area (Å²) in [6.45, 7) is 9.50. The van der Waals surface area contributed by atoms with Gasteiger partial charge in [-0.25, -0.2) is 9.59 Å². The third-order valence-corrected chi connectivity index (χ3v) is 2.59. The summed E-state index contributed by atoms with van der Waals surface area (Å²) in [6, 6.07) is 9.26. The molecule has 6 heteroatoms. The number of hydrogen-bond donors (Lipinski definition) is 1. The Morgan fingerprint density at radius 2 is 1.71 bits per heavy atom. The van der Waals surface area contributed by atoms with Crippen molar-refractivity contribution in [3.05, 3.63) is 54.6 Å². The quantitative estimate of drug-likeness (QED) is 0.424. The van der Waals surface area contributed by atoms with Crippen molar-refractivity contribution >= 4 is 11.9 Å². The highest BCUT2D eigenvalue weighted by Crippen LogP contribution is 2.09. The van der Waals surface area contributed by atoms with Crippen LogP contribution in [0.1, 0.15) is 13.3 Å². The summed E-state index contributed by atoms with van der Waals surface area (Å²) in [4.78, 5) is 21.0. The van der Waals surface area contributed by atoms with Gasteiger partial charge in [-0.15, -0.1) is 0 Å². The van der Waals surface area contributed by atoms with E-state index in [4.69, 9.17) is 9.84 Å². The summed E-state index contributed by atoms with van der Waals surface area (Å²) < 4.78 is 14.6. The van der Waals surface area contributed by atoms with Gasteiger partial charge in [-0.3, -0.25) is 0 Å². The van der Waals surface area contributed by atoms with E-state index in [1.54, 1.807) is 14.0 Å². The lowest BCUT2D eigenvalue weighted by Gasteiger charge is -2.04. The van der Waals surface area contributed by atoms with Crippen LogP contribution in [-0.4, -0.2) is 44.0 Å². The molecular formula is C18H24O6. The molecule has 0 saturated heterocycles. The molecule has 132 valence electrons. The van der Waals surface area contributed by atoms with Crippen molar-refractivity contribution in [1.29, 1.82) is 0 Å². The van der Waals surface area contributed by atoms with Crippen molar-refractivity contribution in [2.24, 2.45) is 0 Å². The Balaban J connectivity index is 0.000000470. The van der Waals surface area contributed by atoms with Gasteiger partial charge in [0.25, 0.3) is 0 Å². The number of rotatable bonds is 9. The maximum Gasteiger partial charge on any atom is 0.333 e. The van der Waals surface area contributed by atoms with E-state index >= 15 is 0 Å². The van der Waals surface area contributed by atoms with E-state index in [0.29, 0.717) is 31.8 Å². The zero-order valence-corrected chi connectivity index (χ0v) is 14.1. The molecule has 0 aromatic heterocycles. The molecular weight excluding hydrogens is 312 g/mol. The van der Waals surface area contributed by atoms with Crippen molar-refractivity contribution in [1.82, 2.24) is 0 Å². The number of methoxy groups -OCH3 is 1. The summed E-state index contributed by atoms with van der Waals surface area (Å²) >= 11 is 0. The van der Waals surface area contributed by atoms with Crippen LogP contribution < -0.4 is 4.74 Å². The molecule has 0 heterocycles. The van der Waals surface area contributed by atoms with Crippen molar-refractivity contribution in [3.63, 3.8) is 0 Å². The molecule has 6 nitrogen and oxygen atoms in total. The van der Waals surface area contributed by atoms with Gasteiger partial charge in [0, 0.05) is 24.7 Å². The highest BCUT2D eigenvalue weighted by Gasteiger charge is 2.03. The van der Waals surface area contributed by atoms with Crippen molar-refractivity contribution in [2.75, 3.05) is 26.9 Å². The Hall–Kier alpha value is -2.60. The molecule has 0 spiro atoms. The SMILES string of the molecule is C=C(C)C(=O)OCCOC.C=C(CCOc1ccccc1)C(=O)O. The summed E-state index contributed by atoms with van der Waals surface area (Å²) in [7, 11) is 1.55. The Labute approximate surface area is 142 Å². The van der Waals surface area contributed by atoms with Crippen molar-refractivity contribution < 1.29 is 28.9 Å². The smallest absolute Gasteiger partial charge is 0.333 e. The average molecular weight is 336 g/mol. The van der Waals surface area contributed by atoms with Crippen molar-refractivity contribution in [2.45, 2.75) is 13.3 Å². The van der Waals surface area contributed by atoms with Gasteiger partial charge in [0.1, 0.15) is 12.4 Å². The maximum atomic E-state index is 10.6. The molecule has 0 aliphatic rings. The number of carboxylic acid groups (broad SMARTS) is 1. The average Bonchev–Trinajstić information content (AvgIpc) is 2.56. The highest BCUT2D eigenvalue weighted by molar-refractivity contribution is 5.86. The number of carboxylic acids is 1. The molecule has 1 rings (SSSR count). The van der Waals surface area contributed by atoms with E-state index in [0.717, 1.165) is 5.75 Å². The molecule has 0 unspecified atom stereocenters. The topological polar surface area (TPSA) is 82.1 Å². The van der Waals surface area contributed by atoms with Gasteiger partial charge in [-0.05, 0) is 19.1 Å². The van der Waals surface area contributed by atoms with Crippen LogP contribution in [0.5, 0.6) is 5.75 Å². The van der Waals surface area contributed by atoms with Crippen LogP contribution in [0.4, 0.5) is 0 Å². The minimum absolute atomic E-state index is 0.168. The van der Waals surface area contributed by atoms with E-state index in [1.165, 1.54) is 0 Å². The first kappa shape index (κ1) is 21.4.